The molecular formula is C18H18N2O2. The minimum Gasteiger partial charge on any atom is -0.394 e. The van der Waals surface area contributed by atoms with E-state index >= 15 is 0 Å². The van der Waals surface area contributed by atoms with Gasteiger partial charge in [0.05, 0.1) is 12.6 Å². The van der Waals surface area contributed by atoms with Gasteiger partial charge in [-0.25, -0.2) is 0 Å². The van der Waals surface area contributed by atoms with E-state index in [0.717, 1.165) is 16.5 Å². The highest BCUT2D eigenvalue weighted by Crippen LogP contribution is 2.14. The van der Waals surface area contributed by atoms with Gasteiger partial charge in [-0.15, -0.1) is 0 Å². The molecule has 1 atom stereocenters. The second kappa shape index (κ2) is 6.45. The normalized spacial score (nSPS) is 12.2. The monoisotopic (exact) mass is 294 g/mol. The number of para-hydroxylation sites is 1. The zero-order valence-corrected chi connectivity index (χ0v) is 12.1. The molecule has 22 heavy (non-hydrogen) atoms. The van der Waals surface area contributed by atoms with Gasteiger partial charge in [0.15, 0.2) is 0 Å². The van der Waals surface area contributed by atoms with Crippen LogP contribution in [0.25, 0.3) is 10.9 Å². The van der Waals surface area contributed by atoms with Crippen molar-refractivity contribution in [3.05, 3.63) is 71.9 Å². The minimum atomic E-state index is -0.304. The summed E-state index contributed by atoms with van der Waals surface area (Å²) in [6.07, 6.45) is 0.601. The van der Waals surface area contributed by atoms with Crippen molar-refractivity contribution in [2.45, 2.75) is 12.5 Å². The smallest absolute Gasteiger partial charge is 0.268 e. The summed E-state index contributed by atoms with van der Waals surface area (Å²) < 4.78 is 0. The number of aromatic nitrogens is 1. The molecule has 3 N–H and O–H groups in total. The molecule has 1 heterocycles. The van der Waals surface area contributed by atoms with E-state index in [1.165, 1.54) is 0 Å². The van der Waals surface area contributed by atoms with Crippen LogP contribution in [-0.4, -0.2) is 28.6 Å². The first-order valence-corrected chi connectivity index (χ1v) is 7.29. The highest BCUT2D eigenvalue weighted by Gasteiger charge is 2.15. The molecule has 1 amide bonds. The van der Waals surface area contributed by atoms with Crippen molar-refractivity contribution in [1.82, 2.24) is 10.3 Å². The zero-order valence-electron chi connectivity index (χ0n) is 12.1. The highest BCUT2D eigenvalue weighted by molar-refractivity contribution is 5.98. The molecule has 0 aliphatic carbocycles. The van der Waals surface area contributed by atoms with Gasteiger partial charge in [-0.05, 0) is 24.1 Å². The fraction of sp³-hybridized carbons (Fsp3) is 0.167. The second-order valence-electron chi connectivity index (χ2n) is 5.31. The molecule has 0 aliphatic rings. The van der Waals surface area contributed by atoms with E-state index in [-0.39, 0.29) is 18.6 Å². The van der Waals surface area contributed by atoms with Crippen LogP contribution in [0, 0.1) is 0 Å². The predicted octanol–water partition coefficient (Wildman–Crippen LogP) is 2.50. The van der Waals surface area contributed by atoms with Crippen LogP contribution in [0.1, 0.15) is 16.1 Å². The summed E-state index contributed by atoms with van der Waals surface area (Å²) in [5.41, 5.74) is 2.52. The lowest BCUT2D eigenvalue weighted by Crippen LogP contribution is -2.39. The molecule has 0 aliphatic heterocycles. The second-order valence-corrected chi connectivity index (χ2v) is 5.31. The summed E-state index contributed by atoms with van der Waals surface area (Å²) in [6, 6.07) is 19.1. The number of nitrogens with one attached hydrogen (secondary N) is 2. The van der Waals surface area contributed by atoms with Crippen LogP contribution in [0.2, 0.25) is 0 Å². The van der Waals surface area contributed by atoms with Crippen molar-refractivity contribution in [2.75, 3.05) is 6.61 Å². The third-order valence-electron chi connectivity index (χ3n) is 3.66. The first-order valence-electron chi connectivity index (χ1n) is 7.29. The molecule has 112 valence electrons. The van der Waals surface area contributed by atoms with Crippen LogP contribution >= 0.6 is 0 Å². The van der Waals surface area contributed by atoms with Gasteiger partial charge in [0.2, 0.25) is 0 Å². The van der Waals surface area contributed by atoms with Gasteiger partial charge in [-0.3, -0.25) is 4.79 Å². The first kappa shape index (κ1) is 14.4. The van der Waals surface area contributed by atoms with Gasteiger partial charge >= 0.3 is 0 Å². The van der Waals surface area contributed by atoms with Gasteiger partial charge < -0.3 is 15.4 Å². The van der Waals surface area contributed by atoms with E-state index in [1.807, 2.05) is 60.7 Å². The molecule has 1 unspecified atom stereocenters. The Kier molecular flexibility index (Phi) is 4.21. The number of hydrogen-bond acceptors (Lipinski definition) is 2. The fourth-order valence-corrected chi connectivity index (χ4v) is 2.52. The quantitative estimate of drug-likeness (QED) is 0.677. The lowest BCUT2D eigenvalue weighted by molar-refractivity contribution is 0.0912. The number of amides is 1. The Bertz CT molecular complexity index is 732. The Morgan fingerprint density at radius 2 is 1.82 bits per heavy atom. The molecule has 4 nitrogen and oxygen atoms in total. The Morgan fingerprint density at radius 3 is 2.55 bits per heavy atom. The number of hydrogen-bond donors (Lipinski definition) is 3. The Hall–Kier alpha value is -2.59. The van der Waals surface area contributed by atoms with E-state index in [9.17, 15) is 9.90 Å². The van der Waals surface area contributed by atoms with Crippen LogP contribution in [0.4, 0.5) is 0 Å². The Labute approximate surface area is 128 Å². The maximum atomic E-state index is 12.3. The van der Waals surface area contributed by atoms with E-state index in [2.05, 4.69) is 10.3 Å². The predicted molar refractivity (Wildman–Crippen MR) is 86.8 cm³/mol. The maximum absolute atomic E-state index is 12.3. The number of rotatable bonds is 5. The molecule has 0 spiro atoms. The van der Waals surface area contributed by atoms with Crippen LogP contribution < -0.4 is 5.32 Å². The van der Waals surface area contributed by atoms with Gasteiger partial charge in [0.25, 0.3) is 5.91 Å². The highest BCUT2D eigenvalue weighted by atomic mass is 16.3. The number of aromatic amines is 1. The largest absolute Gasteiger partial charge is 0.394 e. The van der Waals surface area contributed by atoms with Crippen molar-refractivity contribution in [1.29, 1.82) is 0 Å². The summed E-state index contributed by atoms with van der Waals surface area (Å²) in [5, 5.41) is 13.4. The standard InChI is InChI=1S/C18H18N2O2/c21-12-15(10-13-6-2-1-3-7-13)19-18(22)17-11-14-8-4-5-9-16(14)20-17/h1-9,11,15,20-21H,10,12H2,(H,19,22). The van der Waals surface area contributed by atoms with Crippen LogP contribution in [-0.2, 0) is 6.42 Å². The van der Waals surface area contributed by atoms with Gasteiger partial charge in [0, 0.05) is 10.9 Å². The van der Waals surface area contributed by atoms with Gasteiger partial charge in [0.1, 0.15) is 5.69 Å². The van der Waals surface area contributed by atoms with Crippen LogP contribution in [0.15, 0.2) is 60.7 Å². The number of benzene rings is 2. The molecule has 0 bridgehead atoms. The molecule has 4 heteroatoms. The third kappa shape index (κ3) is 3.18. The van der Waals surface area contributed by atoms with Crippen molar-refractivity contribution in [3.8, 4) is 0 Å². The number of carbonyl (C=O) groups excluding carboxylic acids is 1. The number of fused-ring (bicyclic) bond motifs is 1. The molecule has 0 radical (unpaired) electrons. The van der Waals surface area contributed by atoms with E-state index in [0.29, 0.717) is 12.1 Å². The number of H-pyrrole nitrogens is 1. The molecule has 3 aromatic rings. The molecule has 1 aromatic heterocycles. The average Bonchev–Trinajstić information content (AvgIpc) is 2.99. The number of carbonyl (C=O) groups is 1. The number of aliphatic hydroxyl groups is 1. The fourth-order valence-electron chi connectivity index (χ4n) is 2.52. The van der Waals surface area contributed by atoms with Crippen molar-refractivity contribution < 1.29 is 9.90 Å². The minimum absolute atomic E-state index is 0.0964. The maximum Gasteiger partial charge on any atom is 0.268 e. The molecule has 2 aromatic carbocycles. The van der Waals surface area contributed by atoms with E-state index in [1.54, 1.807) is 0 Å². The topological polar surface area (TPSA) is 65.1 Å². The molecule has 0 saturated heterocycles. The summed E-state index contributed by atoms with van der Waals surface area (Å²) in [5.74, 6) is -0.203. The lowest BCUT2D eigenvalue weighted by atomic mass is 10.1. The lowest BCUT2D eigenvalue weighted by Gasteiger charge is -2.15. The summed E-state index contributed by atoms with van der Waals surface area (Å²) in [6.45, 7) is -0.0964. The van der Waals surface area contributed by atoms with E-state index < -0.39 is 0 Å². The SMILES string of the molecule is O=C(NC(CO)Cc1ccccc1)c1cc2ccccc2[nH]1. The van der Waals surface area contributed by atoms with Crippen LogP contribution in [0.5, 0.6) is 0 Å². The summed E-state index contributed by atoms with van der Waals surface area (Å²) >= 11 is 0. The van der Waals surface area contributed by atoms with Gasteiger partial charge in [-0.2, -0.15) is 0 Å². The van der Waals surface area contributed by atoms with Crippen molar-refractivity contribution in [3.63, 3.8) is 0 Å². The van der Waals surface area contributed by atoms with Gasteiger partial charge in [-0.1, -0.05) is 48.5 Å². The molecule has 0 fully saturated rings. The van der Waals surface area contributed by atoms with E-state index in [4.69, 9.17) is 0 Å². The molecule has 0 saturated carbocycles. The summed E-state index contributed by atoms with van der Waals surface area (Å²) in [4.78, 5) is 15.4. The average molecular weight is 294 g/mol. The first-order chi connectivity index (χ1) is 10.8. The molecular weight excluding hydrogens is 276 g/mol. The van der Waals surface area contributed by atoms with Crippen molar-refractivity contribution >= 4 is 16.8 Å². The van der Waals surface area contributed by atoms with Crippen LogP contribution in [0.3, 0.4) is 0 Å². The van der Waals surface area contributed by atoms with Crippen molar-refractivity contribution in [2.24, 2.45) is 0 Å². The summed E-state index contributed by atoms with van der Waals surface area (Å²) in [7, 11) is 0. The third-order valence-corrected chi connectivity index (χ3v) is 3.66. The molecule has 3 rings (SSSR count). The zero-order chi connectivity index (χ0) is 15.4. The Morgan fingerprint density at radius 1 is 1.09 bits per heavy atom. The Balaban J connectivity index is 1.71. The number of aliphatic hydroxyl groups excluding tert-OH is 1.